The van der Waals surface area contributed by atoms with E-state index in [1.165, 1.54) is 29.0 Å². The minimum absolute atomic E-state index is 0.348. The Hall–Kier alpha value is -1.28. The molecule has 0 radical (unpaired) electrons. The van der Waals surface area contributed by atoms with Crippen molar-refractivity contribution in [2.24, 2.45) is 0 Å². The Balaban J connectivity index is 1.21. The smallest absolute Gasteiger partial charge is 0.137 e. The van der Waals surface area contributed by atoms with Crippen molar-refractivity contribution < 1.29 is 4.74 Å². The Morgan fingerprint density at radius 3 is 2.72 bits per heavy atom. The van der Waals surface area contributed by atoms with Crippen LogP contribution in [0.25, 0.3) is 0 Å². The van der Waals surface area contributed by atoms with Crippen LogP contribution in [0.5, 0.6) is 0 Å². The highest BCUT2D eigenvalue weighted by Gasteiger charge is 2.20. The quantitative estimate of drug-likeness (QED) is 0.791. The van der Waals surface area contributed by atoms with Gasteiger partial charge in [0.15, 0.2) is 0 Å². The summed E-state index contributed by atoms with van der Waals surface area (Å²) in [5, 5.41) is 4.17. The van der Waals surface area contributed by atoms with Gasteiger partial charge in [0.25, 0.3) is 0 Å². The SMILES string of the molecule is c1ncn(CCN2CCN(Cc3ccc(C4CCCCO4)s3)CC2)n1. The number of nitrogens with zero attached hydrogens (tertiary/aromatic N) is 5. The van der Waals surface area contributed by atoms with Gasteiger partial charge in [-0.25, -0.2) is 4.98 Å². The number of ether oxygens (including phenoxy) is 1. The topological polar surface area (TPSA) is 46.4 Å². The second kappa shape index (κ2) is 8.40. The molecule has 2 aliphatic rings. The molecule has 0 saturated carbocycles. The van der Waals surface area contributed by atoms with E-state index in [0.717, 1.165) is 52.4 Å². The van der Waals surface area contributed by atoms with Gasteiger partial charge in [-0.3, -0.25) is 14.5 Å². The number of piperazine rings is 1. The largest absolute Gasteiger partial charge is 0.373 e. The Bertz CT molecular complexity index is 630. The molecule has 25 heavy (non-hydrogen) atoms. The first-order valence-electron chi connectivity index (χ1n) is 9.34. The average Bonchev–Trinajstić information content (AvgIpc) is 3.34. The van der Waals surface area contributed by atoms with E-state index < -0.39 is 0 Å². The van der Waals surface area contributed by atoms with E-state index in [1.807, 2.05) is 16.0 Å². The molecule has 136 valence electrons. The highest BCUT2D eigenvalue weighted by molar-refractivity contribution is 7.12. The molecule has 0 aliphatic carbocycles. The number of thiophene rings is 1. The third kappa shape index (κ3) is 4.67. The summed E-state index contributed by atoms with van der Waals surface area (Å²) in [6, 6.07) is 4.58. The second-order valence-electron chi connectivity index (χ2n) is 6.94. The van der Waals surface area contributed by atoms with Crippen LogP contribution in [0.15, 0.2) is 24.8 Å². The van der Waals surface area contributed by atoms with Gasteiger partial charge < -0.3 is 4.74 Å². The maximum atomic E-state index is 5.92. The molecule has 2 fully saturated rings. The van der Waals surface area contributed by atoms with Crippen molar-refractivity contribution in [1.82, 2.24) is 24.6 Å². The van der Waals surface area contributed by atoms with Crippen LogP contribution in [0.3, 0.4) is 0 Å². The van der Waals surface area contributed by atoms with E-state index in [0.29, 0.717) is 6.10 Å². The van der Waals surface area contributed by atoms with Crippen LogP contribution in [-0.4, -0.2) is 63.9 Å². The normalized spacial score (nSPS) is 23.1. The highest BCUT2D eigenvalue weighted by Crippen LogP contribution is 2.33. The van der Waals surface area contributed by atoms with Gasteiger partial charge in [-0.2, -0.15) is 5.10 Å². The number of aromatic nitrogens is 3. The van der Waals surface area contributed by atoms with E-state index in [2.05, 4.69) is 32.0 Å². The van der Waals surface area contributed by atoms with Crippen LogP contribution in [-0.2, 0) is 17.8 Å². The fourth-order valence-electron chi connectivity index (χ4n) is 3.60. The van der Waals surface area contributed by atoms with Crippen LogP contribution in [0, 0.1) is 0 Å². The van der Waals surface area contributed by atoms with Crippen molar-refractivity contribution in [1.29, 1.82) is 0 Å². The van der Waals surface area contributed by atoms with Crippen molar-refractivity contribution in [2.45, 2.75) is 38.5 Å². The van der Waals surface area contributed by atoms with Crippen molar-refractivity contribution >= 4 is 11.3 Å². The molecule has 4 heterocycles. The molecule has 0 amide bonds. The molecule has 6 nitrogen and oxygen atoms in total. The lowest BCUT2D eigenvalue weighted by atomic mass is 10.1. The molecule has 7 heteroatoms. The molecule has 0 aromatic carbocycles. The molecule has 2 saturated heterocycles. The lowest BCUT2D eigenvalue weighted by Gasteiger charge is -2.34. The molecule has 4 rings (SSSR count). The van der Waals surface area contributed by atoms with Crippen molar-refractivity contribution in [2.75, 3.05) is 39.3 Å². The van der Waals surface area contributed by atoms with Gasteiger partial charge >= 0.3 is 0 Å². The summed E-state index contributed by atoms with van der Waals surface area (Å²) in [7, 11) is 0. The summed E-state index contributed by atoms with van der Waals surface area (Å²) in [6.45, 7) is 8.55. The molecule has 0 spiro atoms. The standard InChI is InChI=1S/C18H27N5OS/c1-2-12-24-17(3-1)18-5-4-16(25-18)13-22-8-6-21(7-9-22)10-11-23-15-19-14-20-23/h4-5,14-15,17H,1-3,6-13H2. The summed E-state index contributed by atoms with van der Waals surface area (Å²) in [5.74, 6) is 0. The maximum absolute atomic E-state index is 5.92. The minimum atomic E-state index is 0.348. The first kappa shape index (κ1) is 17.1. The van der Waals surface area contributed by atoms with Crippen LogP contribution in [0.2, 0.25) is 0 Å². The zero-order valence-electron chi connectivity index (χ0n) is 14.7. The van der Waals surface area contributed by atoms with Gasteiger partial charge in [0.2, 0.25) is 0 Å². The number of hydrogen-bond acceptors (Lipinski definition) is 6. The zero-order chi connectivity index (χ0) is 16.9. The lowest BCUT2D eigenvalue weighted by molar-refractivity contribution is 0.0172. The molecule has 2 aromatic rings. The third-order valence-electron chi connectivity index (χ3n) is 5.14. The van der Waals surface area contributed by atoms with Gasteiger partial charge in [-0.1, -0.05) is 0 Å². The molecule has 2 aliphatic heterocycles. The van der Waals surface area contributed by atoms with Gasteiger partial charge in [-0.15, -0.1) is 11.3 Å². The summed E-state index contributed by atoms with van der Waals surface area (Å²) in [6.07, 6.45) is 7.45. The number of rotatable bonds is 6. The van der Waals surface area contributed by atoms with Crippen molar-refractivity contribution in [3.8, 4) is 0 Å². The van der Waals surface area contributed by atoms with E-state index in [-0.39, 0.29) is 0 Å². The van der Waals surface area contributed by atoms with Crippen LogP contribution >= 0.6 is 11.3 Å². The molecular formula is C18H27N5OS. The highest BCUT2D eigenvalue weighted by atomic mass is 32.1. The van der Waals surface area contributed by atoms with Gasteiger partial charge in [0.1, 0.15) is 12.7 Å². The fraction of sp³-hybridized carbons (Fsp3) is 0.667. The van der Waals surface area contributed by atoms with Crippen molar-refractivity contribution in [3.05, 3.63) is 34.5 Å². The monoisotopic (exact) mass is 361 g/mol. The predicted octanol–water partition coefficient (Wildman–Crippen LogP) is 2.40. The fourth-order valence-corrected chi connectivity index (χ4v) is 4.74. The molecule has 0 bridgehead atoms. The van der Waals surface area contributed by atoms with E-state index in [9.17, 15) is 0 Å². The predicted molar refractivity (Wildman–Crippen MR) is 98.6 cm³/mol. The second-order valence-corrected chi connectivity index (χ2v) is 8.14. The van der Waals surface area contributed by atoms with Gasteiger partial charge in [0, 0.05) is 55.6 Å². The Morgan fingerprint density at radius 1 is 1.08 bits per heavy atom. The van der Waals surface area contributed by atoms with Crippen LogP contribution < -0.4 is 0 Å². The minimum Gasteiger partial charge on any atom is -0.373 e. The molecule has 2 aromatic heterocycles. The number of hydrogen-bond donors (Lipinski definition) is 0. The summed E-state index contributed by atoms with van der Waals surface area (Å²) in [4.78, 5) is 12.0. The van der Waals surface area contributed by atoms with Crippen LogP contribution in [0.4, 0.5) is 0 Å². The molecule has 0 N–H and O–H groups in total. The Labute approximate surface area is 153 Å². The average molecular weight is 362 g/mol. The van der Waals surface area contributed by atoms with E-state index >= 15 is 0 Å². The summed E-state index contributed by atoms with van der Waals surface area (Å²) >= 11 is 1.94. The van der Waals surface area contributed by atoms with Gasteiger partial charge in [-0.05, 0) is 31.4 Å². The Morgan fingerprint density at radius 2 is 1.96 bits per heavy atom. The molecular weight excluding hydrogens is 334 g/mol. The summed E-state index contributed by atoms with van der Waals surface area (Å²) in [5.41, 5.74) is 0. The first-order valence-corrected chi connectivity index (χ1v) is 10.2. The van der Waals surface area contributed by atoms with Crippen LogP contribution in [0.1, 0.15) is 35.1 Å². The third-order valence-corrected chi connectivity index (χ3v) is 6.30. The van der Waals surface area contributed by atoms with E-state index in [4.69, 9.17) is 4.74 Å². The molecule has 1 atom stereocenters. The lowest BCUT2D eigenvalue weighted by Crippen LogP contribution is -2.46. The van der Waals surface area contributed by atoms with Crippen molar-refractivity contribution in [3.63, 3.8) is 0 Å². The van der Waals surface area contributed by atoms with E-state index in [1.54, 1.807) is 12.7 Å². The molecule has 1 unspecified atom stereocenters. The van der Waals surface area contributed by atoms with Gasteiger partial charge in [0.05, 0.1) is 12.6 Å². The maximum Gasteiger partial charge on any atom is 0.137 e. The Kier molecular flexibility index (Phi) is 5.76. The summed E-state index contributed by atoms with van der Waals surface area (Å²) < 4.78 is 7.83. The first-order chi connectivity index (χ1) is 12.4. The zero-order valence-corrected chi connectivity index (χ0v) is 15.5.